The van der Waals surface area contributed by atoms with Gasteiger partial charge in [0.1, 0.15) is 5.75 Å². The standard InChI is InChI=1S/C19H23ClN2O4S/c1-14-4-7-17(8-5-14)27(24,25)21-11-10-19(23)22(2)13-15-12-16(20)6-9-18(15)26-3/h4-9,12,21H,10-11,13H2,1-3H3. The molecule has 0 unspecified atom stereocenters. The average Bonchev–Trinajstić information content (AvgIpc) is 2.62. The summed E-state index contributed by atoms with van der Waals surface area (Å²) in [4.78, 5) is 14.0. The van der Waals surface area contributed by atoms with Crippen molar-refractivity contribution in [3.63, 3.8) is 0 Å². The molecule has 0 radical (unpaired) electrons. The molecule has 1 amide bonds. The zero-order valence-corrected chi connectivity index (χ0v) is 17.1. The van der Waals surface area contributed by atoms with E-state index in [0.29, 0.717) is 17.3 Å². The lowest BCUT2D eigenvalue weighted by molar-refractivity contribution is -0.130. The summed E-state index contributed by atoms with van der Waals surface area (Å²) in [5.41, 5.74) is 1.75. The van der Waals surface area contributed by atoms with Crippen LogP contribution in [0.2, 0.25) is 5.02 Å². The molecular formula is C19H23ClN2O4S. The molecule has 0 aliphatic rings. The number of methoxy groups -OCH3 is 1. The molecule has 6 nitrogen and oxygen atoms in total. The molecule has 146 valence electrons. The number of nitrogens with zero attached hydrogens (tertiary/aromatic N) is 1. The Kier molecular flexibility index (Phi) is 7.24. The molecule has 0 aromatic heterocycles. The largest absolute Gasteiger partial charge is 0.496 e. The van der Waals surface area contributed by atoms with Crippen molar-refractivity contribution in [1.82, 2.24) is 9.62 Å². The van der Waals surface area contributed by atoms with Crippen molar-refractivity contribution in [2.45, 2.75) is 24.8 Å². The second-order valence-electron chi connectivity index (χ2n) is 6.17. The number of carbonyl (C=O) groups is 1. The number of amides is 1. The number of ether oxygens (including phenoxy) is 1. The molecule has 8 heteroatoms. The van der Waals surface area contributed by atoms with E-state index in [1.807, 2.05) is 6.92 Å². The maximum Gasteiger partial charge on any atom is 0.240 e. The minimum atomic E-state index is -3.63. The average molecular weight is 411 g/mol. The zero-order valence-electron chi connectivity index (χ0n) is 15.5. The van der Waals surface area contributed by atoms with E-state index in [0.717, 1.165) is 11.1 Å². The van der Waals surface area contributed by atoms with Crippen LogP contribution in [0.5, 0.6) is 5.75 Å². The Labute approximate surface area is 165 Å². The van der Waals surface area contributed by atoms with Crippen molar-refractivity contribution in [3.05, 3.63) is 58.6 Å². The summed E-state index contributed by atoms with van der Waals surface area (Å²) in [5, 5.41) is 0.553. The third-order valence-electron chi connectivity index (χ3n) is 4.04. The molecule has 1 N–H and O–H groups in total. The van der Waals surface area contributed by atoms with E-state index in [-0.39, 0.29) is 23.8 Å². The highest BCUT2D eigenvalue weighted by atomic mass is 35.5. The van der Waals surface area contributed by atoms with Crippen molar-refractivity contribution in [2.24, 2.45) is 0 Å². The fourth-order valence-corrected chi connectivity index (χ4v) is 3.72. The van der Waals surface area contributed by atoms with Crippen LogP contribution in [0.1, 0.15) is 17.5 Å². The number of halogens is 1. The lowest BCUT2D eigenvalue weighted by Gasteiger charge is -2.19. The van der Waals surface area contributed by atoms with Gasteiger partial charge in [-0.2, -0.15) is 0 Å². The highest BCUT2D eigenvalue weighted by molar-refractivity contribution is 7.89. The molecule has 0 saturated carbocycles. The van der Waals surface area contributed by atoms with Gasteiger partial charge in [0, 0.05) is 37.1 Å². The summed E-state index contributed by atoms with van der Waals surface area (Å²) in [6.45, 7) is 2.21. The lowest BCUT2D eigenvalue weighted by Crippen LogP contribution is -2.32. The Hall–Kier alpha value is -2.09. The smallest absolute Gasteiger partial charge is 0.240 e. The molecule has 0 atom stereocenters. The summed E-state index contributed by atoms with van der Waals surface area (Å²) in [6, 6.07) is 11.7. The fraction of sp³-hybridized carbons (Fsp3) is 0.316. The molecule has 2 aromatic rings. The third-order valence-corrected chi connectivity index (χ3v) is 5.75. The lowest BCUT2D eigenvalue weighted by atomic mass is 10.2. The van der Waals surface area contributed by atoms with Gasteiger partial charge in [0.2, 0.25) is 15.9 Å². The summed E-state index contributed by atoms with van der Waals surface area (Å²) in [7, 11) is -0.432. The van der Waals surface area contributed by atoms with E-state index in [2.05, 4.69) is 4.72 Å². The first-order valence-corrected chi connectivity index (χ1v) is 10.2. The van der Waals surface area contributed by atoms with Crippen LogP contribution >= 0.6 is 11.6 Å². The van der Waals surface area contributed by atoms with Crippen molar-refractivity contribution >= 4 is 27.5 Å². The van der Waals surface area contributed by atoms with E-state index in [1.165, 1.54) is 17.0 Å². The first kappa shape index (κ1) is 21.2. The molecule has 0 heterocycles. The number of rotatable bonds is 8. The van der Waals surface area contributed by atoms with Gasteiger partial charge in [-0.25, -0.2) is 13.1 Å². The van der Waals surface area contributed by atoms with Crippen LogP contribution in [0.25, 0.3) is 0 Å². The SMILES string of the molecule is COc1ccc(Cl)cc1CN(C)C(=O)CCNS(=O)(=O)c1ccc(C)cc1. The number of nitrogens with one attached hydrogen (secondary N) is 1. The number of benzene rings is 2. The topological polar surface area (TPSA) is 75.7 Å². The van der Waals surface area contributed by atoms with Crippen LogP contribution < -0.4 is 9.46 Å². The van der Waals surface area contributed by atoms with Crippen LogP contribution in [0.15, 0.2) is 47.4 Å². The summed E-state index contributed by atoms with van der Waals surface area (Å²) < 4.78 is 32.2. The van der Waals surface area contributed by atoms with Crippen LogP contribution in [-0.4, -0.2) is 39.9 Å². The number of sulfonamides is 1. The van der Waals surface area contributed by atoms with E-state index in [4.69, 9.17) is 16.3 Å². The van der Waals surface area contributed by atoms with Gasteiger partial charge in [-0.15, -0.1) is 0 Å². The van der Waals surface area contributed by atoms with Crippen LogP contribution in [0.4, 0.5) is 0 Å². The molecule has 27 heavy (non-hydrogen) atoms. The highest BCUT2D eigenvalue weighted by Gasteiger charge is 2.16. The fourth-order valence-electron chi connectivity index (χ4n) is 2.50. The normalized spacial score (nSPS) is 11.3. The van der Waals surface area contributed by atoms with Crippen LogP contribution in [0, 0.1) is 6.92 Å². The Bertz CT molecular complexity index is 898. The minimum absolute atomic E-state index is 0.0199. The van der Waals surface area contributed by atoms with Gasteiger partial charge in [0.15, 0.2) is 0 Å². The van der Waals surface area contributed by atoms with Crippen molar-refractivity contribution < 1.29 is 17.9 Å². The number of carbonyl (C=O) groups excluding carboxylic acids is 1. The van der Waals surface area contributed by atoms with Crippen molar-refractivity contribution in [1.29, 1.82) is 0 Å². The van der Waals surface area contributed by atoms with Gasteiger partial charge in [-0.1, -0.05) is 29.3 Å². The number of hydrogen-bond donors (Lipinski definition) is 1. The molecule has 0 spiro atoms. The molecule has 0 bridgehead atoms. The summed E-state index contributed by atoms with van der Waals surface area (Å²) in [6.07, 6.45) is 0.0461. The zero-order chi connectivity index (χ0) is 20.0. The summed E-state index contributed by atoms with van der Waals surface area (Å²) in [5.74, 6) is 0.447. The predicted molar refractivity (Wildman–Crippen MR) is 105 cm³/mol. The van der Waals surface area contributed by atoms with E-state index >= 15 is 0 Å². The summed E-state index contributed by atoms with van der Waals surface area (Å²) >= 11 is 6.00. The first-order chi connectivity index (χ1) is 12.7. The van der Waals surface area contributed by atoms with Gasteiger partial charge in [-0.05, 0) is 37.3 Å². The molecule has 2 rings (SSSR count). The van der Waals surface area contributed by atoms with E-state index in [9.17, 15) is 13.2 Å². The Morgan fingerprint density at radius 3 is 2.48 bits per heavy atom. The first-order valence-electron chi connectivity index (χ1n) is 8.35. The second-order valence-corrected chi connectivity index (χ2v) is 8.37. The predicted octanol–water partition coefficient (Wildman–Crippen LogP) is 2.98. The van der Waals surface area contributed by atoms with Gasteiger partial charge in [0.25, 0.3) is 0 Å². The Balaban J connectivity index is 1.91. The minimum Gasteiger partial charge on any atom is -0.496 e. The van der Waals surface area contributed by atoms with E-state index < -0.39 is 10.0 Å². The second kappa shape index (κ2) is 9.21. The van der Waals surface area contributed by atoms with Crippen LogP contribution in [0.3, 0.4) is 0 Å². The van der Waals surface area contributed by atoms with Crippen molar-refractivity contribution in [3.8, 4) is 5.75 Å². The van der Waals surface area contributed by atoms with Gasteiger partial charge >= 0.3 is 0 Å². The maximum absolute atomic E-state index is 12.3. The van der Waals surface area contributed by atoms with Crippen LogP contribution in [-0.2, 0) is 21.4 Å². The Morgan fingerprint density at radius 1 is 1.19 bits per heavy atom. The van der Waals surface area contributed by atoms with Gasteiger partial charge in [-0.3, -0.25) is 4.79 Å². The number of aryl methyl sites for hydroxylation is 1. The molecule has 2 aromatic carbocycles. The third kappa shape index (κ3) is 5.95. The van der Waals surface area contributed by atoms with E-state index in [1.54, 1.807) is 44.5 Å². The molecule has 0 saturated heterocycles. The quantitative estimate of drug-likeness (QED) is 0.725. The van der Waals surface area contributed by atoms with Crippen molar-refractivity contribution in [2.75, 3.05) is 20.7 Å². The highest BCUT2D eigenvalue weighted by Crippen LogP contribution is 2.23. The maximum atomic E-state index is 12.3. The molecular weight excluding hydrogens is 388 g/mol. The Morgan fingerprint density at radius 2 is 1.85 bits per heavy atom. The molecule has 0 fully saturated rings. The monoisotopic (exact) mass is 410 g/mol. The van der Waals surface area contributed by atoms with Gasteiger partial charge < -0.3 is 9.64 Å². The number of hydrogen-bond acceptors (Lipinski definition) is 4. The van der Waals surface area contributed by atoms with Gasteiger partial charge in [0.05, 0.1) is 12.0 Å². The molecule has 0 aliphatic carbocycles. The molecule has 0 aliphatic heterocycles.